The van der Waals surface area contributed by atoms with Crippen LogP contribution < -0.4 is 57.9 Å². The van der Waals surface area contributed by atoms with Gasteiger partial charge in [0.2, 0.25) is 29.5 Å². The Morgan fingerprint density at radius 3 is 1.34 bits per heavy atom. The third kappa shape index (κ3) is 15.8. The molecule has 10 fully saturated rings. The molecule has 5 aliphatic heterocycles. The number of aryl methyl sites for hydroxylation is 3. The number of rotatable bonds is 19. The predicted molar refractivity (Wildman–Crippen MR) is 438 cm³/mol. The molecule has 600 valence electrons. The molecule has 15 atom stereocenters. The Bertz CT molecular complexity index is 5070. The smallest absolute Gasteiger partial charge is 0.224 e. The fraction of sp³-hybridized carbons (Fsp3) is 0.506. The largest absolute Gasteiger partial charge is 0.489 e. The highest BCUT2D eigenvalue weighted by molar-refractivity contribution is 5.89. The molecule has 20 rings (SSSR count). The minimum Gasteiger partial charge on any atom is -0.489 e. The van der Waals surface area contributed by atoms with Crippen LogP contribution in [0.4, 0.5) is 0 Å². The van der Waals surface area contributed by atoms with Gasteiger partial charge in [0.05, 0.1) is 73.6 Å². The number of nitrogens with zero attached hydrogens (tertiary/aromatic N) is 8. The van der Waals surface area contributed by atoms with E-state index in [2.05, 4.69) is 129 Å². The zero-order chi connectivity index (χ0) is 79.9. The summed E-state index contributed by atoms with van der Waals surface area (Å²) in [5.74, 6) is 8.72. The lowest BCUT2D eigenvalue weighted by atomic mass is 9.96. The number of imidazole rings is 1. The van der Waals surface area contributed by atoms with Gasteiger partial charge in [-0.15, -0.1) is 0 Å². The molecule has 25 nitrogen and oxygen atoms in total. The van der Waals surface area contributed by atoms with Crippen LogP contribution in [0.15, 0.2) is 150 Å². The first kappa shape index (κ1) is 78.0. The quantitative estimate of drug-likeness (QED) is 0.0363. The second-order valence-corrected chi connectivity index (χ2v) is 36.3. The number of ether oxygens (including phenoxy) is 1. The van der Waals surface area contributed by atoms with Gasteiger partial charge in [-0.25, -0.2) is 4.98 Å². The minimum atomic E-state index is -0.534. The van der Waals surface area contributed by atoms with E-state index < -0.39 is 22.2 Å². The van der Waals surface area contributed by atoms with Gasteiger partial charge in [-0.1, -0.05) is 90.1 Å². The van der Waals surface area contributed by atoms with Crippen LogP contribution in [-0.4, -0.2) is 146 Å². The molecule has 4 aromatic carbocycles. The molecule has 11 heterocycles. The van der Waals surface area contributed by atoms with Crippen LogP contribution in [0, 0.1) is 103 Å². The third-order valence-corrected chi connectivity index (χ3v) is 25.8. The first-order valence-electron chi connectivity index (χ1n) is 41.0. The lowest BCUT2D eigenvalue weighted by Gasteiger charge is -2.27. The first-order valence-corrected chi connectivity index (χ1v) is 41.0. The average Bonchev–Trinajstić information content (AvgIpc) is 1.58. The van der Waals surface area contributed by atoms with Crippen molar-refractivity contribution in [3.05, 3.63) is 186 Å². The fourth-order valence-corrected chi connectivity index (χ4v) is 19.3. The summed E-state index contributed by atoms with van der Waals surface area (Å²) in [7, 11) is 1.95. The van der Waals surface area contributed by atoms with Gasteiger partial charge in [-0.2, -0.15) is 10.2 Å². The summed E-state index contributed by atoms with van der Waals surface area (Å²) in [4.78, 5) is 71.7. The maximum atomic E-state index is 12.9. The van der Waals surface area contributed by atoms with Crippen LogP contribution in [0.5, 0.6) is 5.75 Å². The van der Waals surface area contributed by atoms with Crippen LogP contribution >= 0.6 is 0 Å². The molecule has 10 N–H and O–H groups in total. The van der Waals surface area contributed by atoms with E-state index in [0.717, 1.165) is 144 Å². The van der Waals surface area contributed by atoms with Gasteiger partial charge in [0.15, 0.2) is 5.58 Å². The van der Waals surface area contributed by atoms with Gasteiger partial charge >= 0.3 is 0 Å². The lowest BCUT2D eigenvalue weighted by Crippen LogP contribution is -2.49. The second-order valence-electron chi connectivity index (χ2n) is 36.3. The highest BCUT2D eigenvalue weighted by Gasteiger charge is 2.61. The Morgan fingerprint density at radius 2 is 0.842 bits per heavy atom. The molecular formula is C89H112N18O7. The van der Waals surface area contributed by atoms with Crippen LogP contribution in [0.3, 0.4) is 0 Å². The number of carbonyl (C=O) groups excluding carboxylic acids is 5. The summed E-state index contributed by atoms with van der Waals surface area (Å²) >= 11 is 0. The molecule has 10 aliphatic rings. The number of hydrogen-bond donors (Lipinski definition) is 10. The van der Waals surface area contributed by atoms with Crippen LogP contribution in [0.1, 0.15) is 109 Å². The van der Waals surface area contributed by atoms with Crippen molar-refractivity contribution in [1.82, 2.24) is 92.3 Å². The van der Waals surface area contributed by atoms with Crippen molar-refractivity contribution in [1.29, 1.82) is 0 Å². The molecular weight excluding hydrogens is 1430 g/mol. The van der Waals surface area contributed by atoms with Crippen LogP contribution in [-0.2, 0) is 59.7 Å². The highest BCUT2D eigenvalue weighted by Crippen LogP contribution is 2.53. The van der Waals surface area contributed by atoms with Crippen molar-refractivity contribution in [3.63, 3.8) is 0 Å². The van der Waals surface area contributed by atoms with E-state index in [-0.39, 0.29) is 64.7 Å². The first-order chi connectivity index (χ1) is 54.6. The topological polar surface area (TPSA) is 307 Å². The van der Waals surface area contributed by atoms with E-state index in [9.17, 15) is 24.0 Å². The number of para-hydroxylation sites is 3. The number of amides is 5. The van der Waals surface area contributed by atoms with Crippen molar-refractivity contribution in [2.24, 2.45) is 95.8 Å². The number of carbonyl (C=O) groups is 5. The van der Waals surface area contributed by atoms with Crippen molar-refractivity contribution < 1.29 is 33.2 Å². The maximum absolute atomic E-state index is 12.9. The number of benzene rings is 4. The maximum Gasteiger partial charge on any atom is 0.224 e. The number of hydrogen-bond acceptors (Lipinski definition) is 17. The van der Waals surface area contributed by atoms with Gasteiger partial charge < -0.3 is 66.8 Å². The number of aromatic nitrogens is 8. The standard InChI is InChI=1S/C23H26N4O.2C17H22N4O.C16H19N3O2.C16H23N3O2/c1-23(2,25-22(28)20-17-12-24-13-18(17)20)21-16-10-6-7-11-19(16)27(26-21)14-15-8-4-3-5-9-15;1-17(2,19-16(22)14-11-8-18-9-12(11)14)15-10-6-4-5-7-13(10)21(3)20-15;1-10-13-6-4-5-7-21(13)16(19-10)17(2,3)20-15(22)14-11-8-18-9-12(11)14;1-16(2,14-9-5-3-4-6-12(9)21-19-14)18-15(20)13-10-7-17-8-11(10)13;1-10-13(5-4-6-18-10)21-9-16(2,3)19-15(20)14-11-7-17-8-12(11)14/h3-11,17-18,20,24H,12-14H2,1-2H3,(H,25,28);4-7,11-12,14,18H,8-9H2,1-3H3,(H,19,22);4-7,11-12,14,18H,8-9H2,1-3H3,(H,20,22);3-6,10-11,13,17H,7-8H2,1-2H3,(H,18,20);4-6,11-12,14,17H,7-9H2,1-3H3,(H,19,20)/t17-,18+,20?;2*11-,12+,14?;10-,11+,13?;11-,12+,14?. The second kappa shape index (κ2) is 30.7. The fourth-order valence-electron chi connectivity index (χ4n) is 19.3. The van der Waals surface area contributed by atoms with Crippen molar-refractivity contribution in [2.75, 3.05) is 72.1 Å². The number of nitrogens with one attached hydrogen (secondary N) is 10. The number of piperidine rings is 5. The molecule has 0 radical (unpaired) electrons. The number of fused-ring (bicyclic) bond motifs is 9. The Balaban J connectivity index is 0.000000108. The molecule has 114 heavy (non-hydrogen) atoms. The lowest BCUT2D eigenvalue weighted by molar-refractivity contribution is -0.125. The predicted octanol–water partition coefficient (Wildman–Crippen LogP) is 8.52. The van der Waals surface area contributed by atoms with Crippen molar-refractivity contribution in [2.45, 2.75) is 117 Å². The average molecular weight is 1550 g/mol. The van der Waals surface area contributed by atoms with Gasteiger partial charge in [-0.05, 0) is 262 Å². The van der Waals surface area contributed by atoms with Crippen molar-refractivity contribution in [3.8, 4) is 5.75 Å². The van der Waals surface area contributed by atoms with E-state index in [1.807, 2.05) is 183 Å². The Morgan fingerprint density at radius 1 is 0.439 bits per heavy atom. The van der Waals surface area contributed by atoms with E-state index in [1.165, 1.54) is 5.56 Å². The van der Waals surface area contributed by atoms with Gasteiger partial charge in [0, 0.05) is 65.2 Å². The molecule has 5 saturated heterocycles. The molecule has 6 aromatic heterocycles. The Kier molecular flexibility index (Phi) is 21.0. The molecule has 5 unspecified atom stereocenters. The Hall–Kier alpha value is -9.92. The SMILES string of the molecule is CC(C)(NC(=O)C1[C@H]2CNC[C@@H]12)c1nn(Cc2ccccc2)c2ccccc12.CC(C)(NC(=O)C1[C@H]2CNC[C@@H]12)c1noc2ccccc12.Cc1nc(C(C)(C)NC(=O)C2[C@H]3CNC[C@@H]23)n2ccccc12.Cc1ncccc1OCC(C)(C)NC(=O)C1[C@H]2CNC[C@@H]12.Cn1nc(C(C)(C)NC(=O)C2[C@H]3CNC[C@@H]23)c2ccccc21. The monoisotopic (exact) mass is 1540 g/mol. The summed E-state index contributed by atoms with van der Waals surface area (Å²) in [5.41, 5.74) is 7.34. The molecule has 25 heteroatoms. The molecule has 10 aromatic rings. The summed E-state index contributed by atoms with van der Waals surface area (Å²) in [6.07, 6.45) is 3.75. The van der Waals surface area contributed by atoms with E-state index in [1.54, 1.807) is 6.20 Å². The van der Waals surface area contributed by atoms with E-state index in [0.29, 0.717) is 72.3 Å². The highest BCUT2D eigenvalue weighted by atomic mass is 16.5. The van der Waals surface area contributed by atoms with Gasteiger partial charge in [0.25, 0.3) is 0 Å². The summed E-state index contributed by atoms with van der Waals surface area (Å²) in [5, 5.41) is 49.6. The molecule has 5 amide bonds. The van der Waals surface area contributed by atoms with Gasteiger partial charge in [-0.3, -0.25) is 38.3 Å². The van der Waals surface area contributed by atoms with Crippen LogP contribution in [0.2, 0.25) is 0 Å². The normalized spacial score (nSPS) is 26.3. The molecule has 5 saturated carbocycles. The minimum absolute atomic E-state index is 0.142. The molecule has 0 spiro atoms. The third-order valence-electron chi connectivity index (χ3n) is 25.8. The summed E-state index contributed by atoms with van der Waals surface area (Å²) < 4.78 is 17.2. The molecule has 5 aliphatic carbocycles. The summed E-state index contributed by atoms with van der Waals surface area (Å²) in [6.45, 7) is 35.0. The number of pyridine rings is 2. The van der Waals surface area contributed by atoms with E-state index >= 15 is 0 Å². The Labute approximate surface area is 666 Å². The molecule has 0 bridgehead atoms. The summed E-state index contributed by atoms with van der Waals surface area (Å²) in [6, 6.07) is 44.3. The van der Waals surface area contributed by atoms with Gasteiger partial charge in [0.1, 0.15) is 23.9 Å². The van der Waals surface area contributed by atoms with E-state index in [4.69, 9.17) is 19.3 Å². The van der Waals surface area contributed by atoms with Crippen molar-refractivity contribution >= 4 is 67.8 Å². The van der Waals surface area contributed by atoms with Crippen LogP contribution in [0.25, 0.3) is 38.3 Å². The zero-order valence-corrected chi connectivity index (χ0v) is 67.9. The zero-order valence-electron chi connectivity index (χ0n) is 67.9.